The number of benzene rings is 1. The molecule has 0 radical (unpaired) electrons. The van der Waals surface area contributed by atoms with E-state index in [1.807, 2.05) is 13.8 Å². The summed E-state index contributed by atoms with van der Waals surface area (Å²) in [4.78, 5) is 80.8. The van der Waals surface area contributed by atoms with Crippen molar-refractivity contribution in [2.24, 2.45) is 11.7 Å². The molecule has 8 N–H and O–H groups in total. The summed E-state index contributed by atoms with van der Waals surface area (Å²) in [6.45, 7) is 5.55. The van der Waals surface area contributed by atoms with Crippen LogP contribution >= 0.6 is 0 Å². The summed E-state index contributed by atoms with van der Waals surface area (Å²) in [6.07, 6.45) is 6.34. The molecule has 0 bridgehead atoms. The molecule has 48 heavy (non-hydrogen) atoms. The molecule has 6 amide bonds. The van der Waals surface area contributed by atoms with Gasteiger partial charge in [-0.3, -0.25) is 28.8 Å². The zero-order valence-electron chi connectivity index (χ0n) is 28.1. The quantitative estimate of drug-likeness (QED) is 0.179. The van der Waals surface area contributed by atoms with E-state index >= 15 is 0 Å². The number of nitrogens with one attached hydrogen (secondary N) is 5. The molecule has 14 heteroatoms. The molecule has 264 valence electrons. The first-order chi connectivity index (χ1) is 22.9. The van der Waals surface area contributed by atoms with Crippen LogP contribution in [-0.4, -0.2) is 95.3 Å². The molecule has 14 nitrogen and oxygen atoms in total. The lowest BCUT2D eigenvalue weighted by Gasteiger charge is -2.30. The van der Waals surface area contributed by atoms with E-state index in [1.165, 1.54) is 36.1 Å². The van der Waals surface area contributed by atoms with Crippen LogP contribution in [0.4, 0.5) is 0 Å². The fourth-order valence-corrected chi connectivity index (χ4v) is 5.96. The Labute approximate surface area is 282 Å². The van der Waals surface area contributed by atoms with Gasteiger partial charge in [-0.2, -0.15) is 0 Å². The van der Waals surface area contributed by atoms with Crippen molar-refractivity contribution in [3.8, 4) is 5.75 Å². The third kappa shape index (κ3) is 11.7. The number of nitrogens with two attached hydrogens (primary N) is 1. The largest absolute Gasteiger partial charge is 0.508 e. The summed E-state index contributed by atoms with van der Waals surface area (Å²) < 4.78 is 0. The van der Waals surface area contributed by atoms with E-state index in [9.17, 15) is 33.9 Å². The third-order valence-corrected chi connectivity index (χ3v) is 8.79. The molecule has 1 aromatic rings. The highest BCUT2D eigenvalue weighted by atomic mass is 16.3. The Kier molecular flexibility index (Phi) is 14.9. The maximum atomic E-state index is 13.7. The topological polar surface area (TPSA) is 212 Å². The van der Waals surface area contributed by atoms with Gasteiger partial charge in [-0.25, -0.2) is 0 Å². The number of rotatable bonds is 9. The summed E-state index contributed by atoms with van der Waals surface area (Å²) in [5, 5.41) is 23.7. The van der Waals surface area contributed by atoms with Gasteiger partial charge in [0.25, 0.3) is 0 Å². The third-order valence-electron chi connectivity index (χ3n) is 8.79. The van der Waals surface area contributed by atoms with Gasteiger partial charge in [-0.15, -0.1) is 0 Å². The molecule has 0 spiro atoms. The van der Waals surface area contributed by atoms with Crippen LogP contribution in [0.2, 0.25) is 0 Å². The first kappa shape index (κ1) is 38.0. The maximum absolute atomic E-state index is 13.7. The number of hydrogen-bond donors (Lipinski definition) is 7. The highest BCUT2D eigenvalue weighted by Crippen LogP contribution is 2.20. The van der Waals surface area contributed by atoms with Crippen molar-refractivity contribution in [2.45, 2.75) is 102 Å². The average Bonchev–Trinajstić information content (AvgIpc) is 3.54. The molecule has 1 saturated heterocycles. The number of phenols is 1. The number of aromatic hydroxyl groups is 1. The number of unbranched alkanes of at least 4 members (excludes halogenated alkanes) is 1. The molecule has 1 fully saturated rings. The Hall–Kier alpha value is -4.46. The second-order valence-corrected chi connectivity index (χ2v) is 12.7. The minimum atomic E-state index is -1.12. The van der Waals surface area contributed by atoms with Gasteiger partial charge < -0.3 is 42.3 Å². The molecule has 0 aromatic heterocycles. The fraction of sp³-hybridized carbons (Fsp3) is 0.588. The molecule has 6 atom stereocenters. The highest BCUT2D eigenvalue weighted by molar-refractivity contribution is 5.94. The summed E-state index contributed by atoms with van der Waals surface area (Å²) in [6, 6.07) is 2.36. The Morgan fingerprint density at radius 3 is 2.46 bits per heavy atom. The van der Waals surface area contributed by atoms with Gasteiger partial charge in [0.2, 0.25) is 35.4 Å². The van der Waals surface area contributed by atoms with Crippen molar-refractivity contribution in [1.82, 2.24) is 31.5 Å². The molecule has 0 aliphatic carbocycles. The van der Waals surface area contributed by atoms with E-state index in [0.717, 1.165) is 5.56 Å². The van der Waals surface area contributed by atoms with Crippen LogP contribution in [0.1, 0.15) is 71.3 Å². The minimum Gasteiger partial charge on any atom is -0.508 e. The molecular formula is C34H51N7O7. The molecular weight excluding hydrogens is 618 g/mol. The highest BCUT2D eigenvalue weighted by Gasteiger charge is 2.38. The van der Waals surface area contributed by atoms with Gasteiger partial charge in [0.15, 0.2) is 0 Å². The van der Waals surface area contributed by atoms with E-state index < -0.39 is 65.7 Å². The number of fused-ring (bicyclic) bond motifs is 1. The number of carbonyl (C=O) groups excluding carboxylic acids is 6. The molecule has 2 heterocycles. The summed E-state index contributed by atoms with van der Waals surface area (Å²) >= 11 is 0. The lowest BCUT2D eigenvalue weighted by molar-refractivity contribution is -0.141. The second kappa shape index (κ2) is 18.8. The normalized spacial score (nSPS) is 26.0. The zero-order valence-corrected chi connectivity index (χ0v) is 28.1. The predicted molar refractivity (Wildman–Crippen MR) is 179 cm³/mol. The zero-order chi connectivity index (χ0) is 35.2. The van der Waals surface area contributed by atoms with Crippen molar-refractivity contribution in [2.75, 3.05) is 19.6 Å². The van der Waals surface area contributed by atoms with Crippen molar-refractivity contribution in [3.63, 3.8) is 0 Å². The first-order valence-electron chi connectivity index (χ1n) is 16.8. The number of amides is 6. The van der Waals surface area contributed by atoms with Crippen LogP contribution in [-0.2, 0) is 35.2 Å². The molecule has 3 rings (SSSR count). The lowest BCUT2D eigenvalue weighted by Crippen LogP contribution is -2.57. The summed E-state index contributed by atoms with van der Waals surface area (Å²) in [5.41, 5.74) is 6.47. The maximum Gasteiger partial charge on any atom is 0.247 e. The van der Waals surface area contributed by atoms with Crippen LogP contribution in [0, 0.1) is 5.92 Å². The van der Waals surface area contributed by atoms with Crippen molar-refractivity contribution in [3.05, 3.63) is 42.0 Å². The minimum absolute atomic E-state index is 0.0822. The Morgan fingerprint density at radius 2 is 1.79 bits per heavy atom. The Bertz CT molecular complexity index is 1320. The van der Waals surface area contributed by atoms with Crippen LogP contribution in [0.15, 0.2) is 36.4 Å². The van der Waals surface area contributed by atoms with Gasteiger partial charge in [-0.05, 0) is 62.3 Å². The predicted octanol–water partition coefficient (Wildman–Crippen LogP) is 0.136. The molecule has 0 saturated carbocycles. The number of phenolic OH excluding ortho intramolecular Hbond substituents is 1. The van der Waals surface area contributed by atoms with E-state index in [4.69, 9.17) is 5.73 Å². The van der Waals surface area contributed by atoms with Crippen molar-refractivity contribution in [1.29, 1.82) is 0 Å². The molecule has 2 aliphatic heterocycles. The Balaban J connectivity index is 1.98. The number of nitrogens with zero attached hydrogens (tertiary/aromatic N) is 1. The second-order valence-electron chi connectivity index (χ2n) is 12.7. The van der Waals surface area contributed by atoms with E-state index in [0.29, 0.717) is 51.6 Å². The van der Waals surface area contributed by atoms with E-state index in [-0.39, 0.29) is 31.1 Å². The summed E-state index contributed by atoms with van der Waals surface area (Å²) in [5.74, 6) is -2.97. The monoisotopic (exact) mass is 669 g/mol. The average molecular weight is 670 g/mol. The van der Waals surface area contributed by atoms with E-state index in [1.54, 1.807) is 12.1 Å². The fourth-order valence-electron chi connectivity index (χ4n) is 5.96. The van der Waals surface area contributed by atoms with Crippen molar-refractivity contribution < 1.29 is 33.9 Å². The van der Waals surface area contributed by atoms with Gasteiger partial charge in [-0.1, -0.05) is 44.9 Å². The van der Waals surface area contributed by atoms with Crippen LogP contribution in [0.5, 0.6) is 5.75 Å². The van der Waals surface area contributed by atoms with Crippen LogP contribution in [0.3, 0.4) is 0 Å². The smallest absolute Gasteiger partial charge is 0.247 e. The van der Waals surface area contributed by atoms with E-state index in [2.05, 4.69) is 26.6 Å². The standard InChI is InChI=1S/C34H51N7O7/c1-4-21(2)31-33(47)39-25(18-23-10-13-26(43)14-11-23)12-15-29(44)36-20-27(37-22(3)42)34(48)41-17-7-9-28(41)32(46)38-24(8-5-6-16-35)19-30(45)40-31/h10-15,21,24-25,27-28,31,43H,4-9,16-20,35H2,1-3H3,(H,36,44)(H,37,42)(H,38,46)(H,39,47)(H,40,45)/b15-12+/t21-,24-,25+,27-,28-,31+/m0/s1. The van der Waals surface area contributed by atoms with Crippen LogP contribution < -0.4 is 32.3 Å². The van der Waals surface area contributed by atoms with Gasteiger partial charge >= 0.3 is 0 Å². The van der Waals surface area contributed by atoms with Crippen LogP contribution in [0.25, 0.3) is 0 Å². The SMILES string of the molecule is CC[C@H](C)[C@H]1NC(=O)C[C@H](CCCCN)NC(=O)[C@@H]2CCCN2C(=O)[C@@H](NC(C)=O)CNC(=O)/C=C/[C@H](Cc2ccc(O)cc2)NC1=O. The van der Waals surface area contributed by atoms with Crippen molar-refractivity contribution >= 4 is 35.4 Å². The van der Waals surface area contributed by atoms with Gasteiger partial charge in [0.05, 0.1) is 6.04 Å². The lowest BCUT2D eigenvalue weighted by atomic mass is 9.96. The summed E-state index contributed by atoms with van der Waals surface area (Å²) in [7, 11) is 0. The molecule has 0 unspecified atom stereocenters. The number of hydrogen-bond acceptors (Lipinski definition) is 8. The first-order valence-corrected chi connectivity index (χ1v) is 16.8. The van der Waals surface area contributed by atoms with Gasteiger partial charge in [0, 0.05) is 38.6 Å². The van der Waals surface area contributed by atoms with Gasteiger partial charge in [0.1, 0.15) is 23.9 Å². The molecule has 1 aromatic carbocycles. The Morgan fingerprint density at radius 1 is 1.06 bits per heavy atom. The molecule has 2 aliphatic rings. The number of carbonyl (C=O) groups is 6.